The number of sulfonamides is 1. The van der Waals surface area contributed by atoms with E-state index in [0.717, 1.165) is 0 Å². The molecule has 35 heavy (non-hydrogen) atoms. The molecule has 0 unspecified atom stereocenters. The lowest BCUT2D eigenvalue weighted by Crippen LogP contribution is -2.42. The number of hydrogen-bond acceptors (Lipinski definition) is 5. The van der Waals surface area contributed by atoms with Crippen molar-refractivity contribution >= 4 is 50.7 Å². The average molecular weight is 542 g/mol. The smallest absolute Gasteiger partial charge is 0.253 e. The lowest BCUT2D eigenvalue weighted by atomic mass is 9.97. The third kappa shape index (κ3) is 7.65. The number of halogens is 2. The highest BCUT2D eigenvalue weighted by Crippen LogP contribution is 2.27. The molecule has 2 aromatic carbocycles. The summed E-state index contributed by atoms with van der Waals surface area (Å²) in [6.07, 6.45) is 1.44. The summed E-state index contributed by atoms with van der Waals surface area (Å²) >= 11 is 12.0. The van der Waals surface area contributed by atoms with Crippen molar-refractivity contribution in [2.75, 3.05) is 38.7 Å². The first-order valence-corrected chi connectivity index (χ1v) is 13.7. The Balaban J connectivity index is 1.56. The van der Waals surface area contributed by atoms with Gasteiger partial charge in [-0.15, -0.1) is 0 Å². The van der Waals surface area contributed by atoms with Crippen LogP contribution in [0.5, 0.6) is 0 Å². The number of anilines is 1. The lowest BCUT2D eigenvalue weighted by Gasteiger charge is -2.30. The third-order valence-corrected chi connectivity index (χ3v) is 8.23. The van der Waals surface area contributed by atoms with Gasteiger partial charge in [-0.1, -0.05) is 41.4 Å². The van der Waals surface area contributed by atoms with Crippen molar-refractivity contribution in [2.24, 2.45) is 5.92 Å². The number of nitrogens with one attached hydrogen (secondary N) is 2. The molecule has 0 aromatic heterocycles. The van der Waals surface area contributed by atoms with Gasteiger partial charge in [0, 0.05) is 49.3 Å². The second-order valence-corrected chi connectivity index (χ2v) is 11.1. The van der Waals surface area contributed by atoms with Crippen LogP contribution in [-0.2, 0) is 25.3 Å². The van der Waals surface area contributed by atoms with Gasteiger partial charge in [0.2, 0.25) is 15.9 Å². The number of piperidine rings is 1. The minimum Gasteiger partial charge on any atom is -0.385 e. The first-order valence-electron chi connectivity index (χ1n) is 11.3. The van der Waals surface area contributed by atoms with Crippen LogP contribution in [0.2, 0.25) is 10.0 Å². The number of nitrogens with zero attached hydrogens (tertiary/aromatic N) is 1. The largest absolute Gasteiger partial charge is 0.385 e. The second-order valence-electron chi connectivity index (χ2n) is 8.30. The molecule has 1 fully saturated rings. The molecule has 2 amide bonds. The molecule has 1 heterocycles. The second kappa shape index (κ2) is 12.7. The van der Waals surface area contributed by atoms with E-state index in [9.17, 15) is 18.0 Å². The van der Waals surface area contributed by atoms with E-state index in [0.29, 0.717) is 59.3 Å². The van der Waals surface area contributed by atoms with Crippen molar-refractivity contribution in [2.45, 2.75) is 25.0 Å². The van der Waals surface area contributed by atoms with Gasteiger partial charge < -0.3 is 15.4 Å². The van der Waals surface area contributed by atoms with Crippen molar-refractivity contribution in [1.82, 2.24) is 9.62 Å². The minimum atomic E-state index is -3.60. The molecule has 190 valence electrons. The number of amides is 2. The summed E-state index contributed by atoms with van der Waals surface area (Å²) in [7, 11) is -2.00. The predicted octanol–water partition coefficient (Wildman–Crippen LogP) is 3.94. The highest BCUT2D eigenvalue weighted by molar-refractivity contribution is 7.88. The van der Waals surface area contributed by atoms with Crippen LogP contribution in [-0.4, -0.2) is 57.9 Å². The molecule has 1 aliphatic rings. The van der Waals surface area contributed by atoms with Crippen molar-refractivity contribution in [1.29, 1.82) is 0 Å². The molecule has 1 aliphatic heterocycles. The molecule has 0 atom stereocenters. The monoisotopic (exact) mass is 541 g/mol. The fraction of sp³-hybridized carbons (Fsp3) is 0.417. The number of rotatable bonds is 10. The van der Waals surface area contributed by atoms with Crippen LogP contribution >= 0.6 is 23.2 Å². The summed E-state index contributed by atoms with van der Waals surface area (Å²) in [5.41, 5.74) is 1.28. The third-order valence-electron chi connectivity index (χ3n) is 5.81. The molecule has 0 bridgehead atoms. The molecule has 0 saturated carbocycles. The maximum atomic E-state index is 12.9. The Hall–Kier alpha value is -2.17. The normalized spacial score (nSPS) is 15.1. The summed E-state index contributed by atoms with van der Waals surface area (Å²) in [6.45, 7) is 1.46. The standard InChI is InChI=1S/C24H29Cl2N3O5S/c1-34-14-4-11-27-24(31)20-5-2-3-6-22(20)28-23(30)17-9-12-29(13-10-17)35(32,33)16-18-7-8-19(25)15-21(18)26/h2-3,5-8,15,17H,4,9-14,16H2,1H3,(H,27,31)(H,28,30). The van der Waals surface area contributed by atoms with Gasteiger partial charge in [-0.25, -0.2) is 12.7 Å². The quantitative estimate of drug-likeness (QED) is 0.443. The van der Waals surface area contributed by atoms with Crippen molar-refractivity contribution in [3.8, 4) is 0 Å². The molecule has 0 aliphatic carbocycles. The zero-order valence-corrected chi connectivity index (χ0v) is 21.8. The van der Waals surface area contributed by atoms with Gasteiger partial charge >= 0.3 is 0 Å². The lowest BCUT2D eigenvalue weighted by molar-refractivity contribution is -0.120. The average Bonchev–Trinajstić information content (AvgIpc) is 2.84. The number of hydrogen-bond donors (Lipinski definition) is 2. The fourth-order valence-electron chi connectivity index (χ4n) is 3.86. The van der Waals surface area contributed by atoms with E-state index in [1.807, 2.05) is 0 Å². The molecule has 8 nitrogen and oxygen atoms in total. The van der Waals surface area contributed by atoms with Gasteiger partial charge in [-0.2, -0.15) is 0 Å². The zero-order chi connectivity index (χ0) is 25.4. The topological polar surface area (TPSA) is 105 Å². The Morgan fingerprint density at radius 3 is 2.51 bits per heavy atom. The number of carbonyl (C=O) groups excluding carboxylic acids is 2. The fourth-order valence-corrected chi connectivity index (χ4v) is 6.01. The molecule has 1 saturated heterocycles. The summed E-state index contributed by atoms with van der Waals surface area (Å²) in [6, 6.07) is 11.5. The van der Waals surface area contributed by atoms with Crippen LogP contribution in [0.4, 0.5) is 5.69 Å². The van der Waals surface area contributed by atoms with Crippen molar-refractivity contribution in [3.05, 3.63) is 63.6 Å². The highest BCUT2D eigenvalue weighted by atomic mass is 35.5. The SMILES string of the molecule is COCCCNC(=O)c1ccccc1NC(=O)C1CCN(S(=O)(=O)Cc2ccc(Cl)cc2Cl)CC1. The zero-order valence-electron chi connectivity index (χ0n) is 19.4. The highest BCUT2D eigenvalue weighted by Gasteiger charge is 2.32. The summed E-state index contributed by atoms with van der Waals surface area (Å²) < 4.78 is 32.1. The number of carbonyl (C=O) groups is 2. The van der Waals surface area contributed by atoms with Gasteiger partial charge in [0.15, 0.2) is 0 Å². The Morgan fingerprint density at radius 2 is 1.83 bits per heavy atom. The number of ether oxygens (including phenoxy) is 1. The van der Waals surface area contributed by atoms with Gasteiger partial charge in [0.1, 0.15) is 0 Å². The van der Waals surface area contributed by atoms with Crippen molar-refractivity contribution < 1.29 is 22.7 Å². The van der Waals surface area contributed by atoms with Crippen LogP contribution in [0.25, 0.3) is 0 Å². The van der Waals surface area contributed by atoms with E-state index in [4.69, 9.17) is 27.9 Å². The first kappa shape index (κ1) is 27.4. The minimum absolute atomic E-state index is 0.229. The maximum absolute atomic E-state index is 12.9. The van der Waals surface area contributed by atoms with Crippen LogP contribution < -0.4 is 10.6 Å². The Kier molecular flexibility index (Phi) is 9.94. The molecule has 0 spiro atoms. The Labute approximate surface area is 216 Å². The van der Waals surface area contributed by atoms with Crippen LogP contribution in [0.1, 0.15) is 35.2 Å². The summed E-state index contributed by atoms with van der Waals surface area (Å²) in [5, 5.41) is 6.40. The van der Waals surface area contributed by atoms with Gasteiger partial charge in [0.05, 0.1) is 17.0 Å². The predicted molar refractivity (Wildman–Crippen MR) is 137 cm³/mol. The van der Waals surface area contributed by atoms with E-state index in [-0.39, 0.29) is 36.6 Å². The number of methoxy groups -OCH3 is 1. The number of para-hydroxylation sites is 1. The molecular weight excluding hydrogens is 513 g/mol. The molecule has 0 radical (unpaired) electrons. The maximum Gasteiger partial charge on any atom is 0.253 e. The summed E-state index contributed by atoms with van der Waals surface area (Å²) in [5.74, 6) is -1.10. The van der Waals surface area contributed by atoms with Crippen LogP contribution in [0.15, 0.2) is 42.5 Å². The summed E-state index contributed by atoms with van der Waals surface area (Å²) in [4.78, 5) is 25.4. The van der Waals surface area contributed by atoms with E-state index in [2.05, 4.69) is 10.6 Å². The molecule has 2 N–H and O–H groups in total. The van der Waals surface area contributed by atoms with E-state index >= 15 is 0 Å². The molecule has 2 aromatic rings. The van der Waals surface area contributed by atoms with Crippen molar-refractivity contribution in [3.63, 3.8) is 0 Å². The first-order chi connectivity index (χ1) is 16.7. The Morgan fingerprint density at radius 1 is 1.11 bits per heavy atom. The van der Waals surface area contributed by atoms with Gasteiger partial charge in [-0.3, -0.25) is 9.59 Å². The molecular formula is C24H29Cl2N3O5S. The van der Waals surface area contributed by atoms with Crippen LogP contribution in [0, 0.1) is 5.92 Å². The van der Waals surface area contributed by atoms with Gasteiger partial charge in [-0.05, 0) is 49.1 Å². The number of benzene rings is 2. The van der Waals surface area contributed by atoms with E-state index in [1.165, 1.54) is 10.4 Å². The van der Waals surface area contributed by atoms with Crippen LogP contribution in [0.3, 0.4) is 0 Å². The molecule has 3 rings (SSSR count). The van der Waals surface area contributed by atoms with Gasteiger partial charge in [0.25, 0.3) is 5.91 Å². The molecule has 11 heteroatoms. The Bertz CT molecular complexity index is 1150. The van der Waals surface area contributed by atoms with E-state index < -0.39 is 10.0 Å². The van der Waals surface area contributed by atoms with E-state index in [1.54, 1.807) is 43.5 Å².